The SMILES string of the molecule is Cc1ccc2[nH]nc(C(=O)Nc3cc(NC(=O)c4ccccc4)ccc3C)c2c1. The van der Waals surface area contributed by atoms with Gasteiger partial charge in [-0.2, -0.15) is 5.10 Å². The van der Waals surface area contributed by atoms with Gasteiger partial charge in [-0.3, -0.25) is 14.7 Å². The molecule has 0 atom stereocenters. The highest BCUT2D eigenvalue weighted by Crippen LogP contribution is 2.23. The van der Waals surface area contributed by atoms with E-state index < -0.39 is 0 Å². The molecule has 6 heteroatoms. The molecule has 4 rings (SSSR count). The Kier molecular flexibility index (Phi) is 4.83. The van der Waals surface area contributed by atoms with Crippen molar-refractivity contribution in [3.8, 4) is 0 Å². The molecule has 1 heterocycles. The first kappa shape index (κ1) is 18.4. The van der Waals surface area contributed by atoms with Gasteiger partial charge in [0.15, 0.2) is 5.69 Å². The van der Waals surface area contributed by atoms with E-state index in [0.717, 1.165) is 22.0 Å². The van der Waals surface area contributed by atoms with Crippen LogP contribution in [0.25, 0.3) is 10.9 Å². The van der Waals surface area contributed by atoms with Crippen LogP contribution in [0.3, 0.4) is 0 Å². The number of rotatable bonds is 4. The number of nitrogens with zero attached hydrogens (tertiary/aromatic N) is 1. The zero-order valence-electron chi connectivity index (χ0n) is 16.1. The van der Waals surface area contributed by atoms with Gasteiger partial charge in [-0.1, -0.05) is 35.9 Å². The molecule has 0 saturated heterocycles. The molecule has 0 fully saturated rings. The Bertz CT molecular complexity index is 1210. The number of hydrogen-bond donors (Lipinski definition) is 3. The number of H-pyrrole nitrogens is 1. The summed E-state index contributed by atoms with van der Waals surface area (Å²) < 4.78 is 0. The number of carbonyl (C=O) groups is 2. The minimum Gasteiger partial charge on any atom is -0.322 e. The summed E-state index contributed by atoms with van der Waals surface area (Å²) in [5, 5.41) is 13.6. The van der Waals surface area contributed by atoms with Gasteiger partial charge in [0, 0.05) is 22.3 Å². The second-order valence-corrected chi connectivity index (χ2v) is 6.93. The van der Waals surface area contributed by atoms with Crippen LogP contribution < -0.4 is 10.6 Å². The van der Waals surface area contributed by atoms with Crippen molar-refractivity contribution in [3.05, 3.63) is 89.1 Å². The zero-order chi connectivity index (χ0) is 20.4. The van der Waals surface area contributed by atoms with Crippen molar-refractivity contribution in [2.45, 2.75) is 13.8 Å². The summed E-state index contributed by atoms with van der Waals surface area (Å²) >= 11 is 0. The van der Waals surface area contributed by atoms with Crippen molar-refractivity contribution >= 4 is 34.1 Å². The molecule has 29 heavy (non-hydrogen) atoms. The van der Waals surface area contributed by atoms with Gasteiger partial charge in [0.1, 0.15) is 0 Å². The van der Waals surface area contributed by atoms with E-state index in [2.05, 4.69) is 20.8 Å². The average molecular weight is 384 g/mol. The second kappa shape index (κ2) is 7.59. The van der Waals surface area contributed by atoms with Crippen molar-refractivity contribution in [1.82, 2.24) is 10.2 Å². The van der Waals surface area contributed by atoms with Crippen molar-refractivity contribution in [2.75, 3.05) is 10.6 Å². The van der Waals surface area contributed by atoms with E-state index in [4.69, 9.17) is 0 Å². The smallest absolute Gasteiger partial charge is 0.276 e. The number of aryl methyl sites for hydroxylation is 2. The van der Waals surface area contributed by atoms with Crippen LogP contribution in [-0.4, -0.2) is 22.0 Å². The molecule has 0 radical (unpaired) electrons. The predicted molar refractivity (Wildman–Crippen MR) is 114 cm³/mol. The van der Waals surface area contributed by atoms with Crippen LogP contribution in [0.15, 0.2) is 66.7 Å². The van der Waals surface area contributed by atoms with Crippen LogP contribution in [0.1, 0.15) is 32.0 Å². The molecule has 0 aliphatic heterocycles. The van der Waals surface area contributed by atoms with Gasteiger partial charge in [0.05, 0.1) is 5.52 Å². The number of hydrogen-bond acceptors (Lipinski definition) is 3. The Morgan fingerprint density at radius 2 is 1.66 bits per heavy atom. The molecule has 1 aromatic heterocycles. The summed E-state index contributed by atoms with van der Waals surface area (Å²) in [6.45, 7) is 3.86. The molecule has 0 bridgehead atoms. The van der Waals surface area contributed by atoms with E-state index in [9.17, 15) is 9.59 Å². The molecule has 4 aromatic rings. The maximum absolute atomic E-state index is 12.8. The molecule has 0 saturated carbocycles. The maximum atomic E-state index is 12.8. The Labute approximate surface area is 168 Å². The van der Waals surface area contributed by atoms with Crippen molar-refractivity contribution < 1.29 is 9.59 Å². The Balaban J connectivity index is 1.57. The van der Waals surface area contributed by atoms with Crippen LogP contribution in [0.2, 0.25) is 0 Å². The van der Waals surface area contributed by atoms with Crippen LogP contribution in [-0.2, 0) is 0 Å². The third-order valence-corrected chi connectivity index (χ3v) is 4.71. The standard InChI is InChI=1S/C23H20N4O2/c1-14-8-11-19-18(12-14)21(27-26-19)23(29)25-20-13-17(10-9-15(20)2)24-22(28)16-6-4-3-5-7-16/h3-13H,1-2H3,(H,24,28)(H,25,29)(H,26,27). The highest BCUT2D eigenvalue weighted by atomic mass is 16.2. The molecule has 3 aromatic carbocycles. The summed E-state index contributed by atoms with van der Waals surface area (Å²) in [6, 6.07) is 20.2. The lowest BCUT2D eigenvalue weighted by atomic mass is 10.1. The van der Waals surface area contributed by atoms with E-state index in [1.165, 1.54) is 0 Å². The monoisotopic (exact) mass is 384 g/mol. The number of aromatic amines is 1. The first-order valence-corrected chi connectivity index (χ1v) is 9.24. The van der Waals surface area contributed by atoms with E-state index in [1.54, 1.807) is 24.3 Å². The van der Waals surface area contributed by atoms with Crippen molar-refractivity contribution in [1.29, 1.82) is 0 Å². The number of nitrogens with one attached hydrogen (secondary N) is 3. The molecule has 2 amide bonds. The normalized spacial score (nSPS) is 10.7. The minimum absolute atomic E-state index is 0.208. The topological polar surface area (TPSA) is 86.9 Å². The lowest BCUT2D eigenvalue weighted by molar-refractivity contribution is 0.101. The van der Waals surface area contributed by atoms with E-state index in [0.29, 0.717) is 22.6 Å². The number of carbonyl (C=O) groups excluding carboxylic acids is 2. The number of anilines is 2. The Morgan fingerprint density at radius 3 is 2.45 bits per heavy atom. The highest BCUT2D eigenvalue weighted by Gasteiger charge is 2.16. The van der Waals surface area contributed by atoms with E-state index in [1.807, 2.05) is 56.3 Å². The maximum Gasteiger partial charge on any atom is 0.276 e. The Hall–Kier alpha value is -3.93. The van der Waals surface area contributed by atoms with Gasteiger partial charge < -0.3 is 10.6 Å². The number of benzene rings is 3. The number of fused-ring (bicyclic) bond motifs is 1. The molecule has 0 aliphatic carbocycles. The largest absolute Gasteiger partial charge is 0.322 e. The van der Waals surface area contributed by atoms with Crippen LogP contribution in [0, 0.1) is 13.8 Å². The fourth-order valence-corrected chi connectivity index (χ4v) is 3.11. The van der Waals surface area contributed by atoms with Gasteiger partial charge in [-0.05, 0) is 55.8 Å². The van der Waals surface area contributed by atoms with E-state index >= 15 is 0 Å². The van der Waals surface area contributed by atoms with Crippen molar-refractivity contribution in [3.63, 3.8) is 0 Å². The van der Waals surface area contributed by atoms with Crippen LogP contribution >= 0.6 is 0 Å². The van der Waals surface area contributed by atoms with E-state index in [-0.39, 0.29) is 11.8 Å². The second-order valence-electron chi connectivity index (χ2n) is 6.93. The predicted octanol–water partition coefficient (Wildman–Crippen LogP) is 4.68. The van der Waals surface area contributed by atoms with Crippen LogP contribution in [0.5, 0.6) is 0 Å². The fourth-order valence-electron chi connectivity index (χ4n) is 3.11. The molecule has 0 spiro atoms. The first-order valence-electron chi connectivity index (χ1n) is 9.24. The average Bonchev–Trinajstić information content (AvgIpc) is 3.14. The molecule has 0 unspecified atom stereocenters. The first-order chi connectivity index (χ1) is 14.0. The molecular formula is C23H20N4O2. The molecule has 6 nitrogen and oxygen atoms in total. The van der Waals surface area contributed by atoms with Gasteiger partial charge in [-0.15, -0.1) is 0 Å². The number of aromatic nitrogens is 2. The zero-order valence-corrected chi connectivity index (χ0v) is 16.1. The highest BCUT2D eigenvalue weighted by molar-refractivity contribution is 6.12. The van der Waals surface area contributed by atoms with Gasteiger partial charge in [0.2, 0.25) is 0 Å². The third kappa shape index (κ3) is 3.87. The van der Waals surface area contributed by atoms with Gasteiger partial charge in [-0.25, -0.2) is 0 Å². The molecular weight excluding hydrogens is 364 g/mol. The summed E-state index contributed by atoms with van der Waals surface area (Å²) in [7, 11) is 0. The van der Waals surface area contributed by atoms with Gasteiger partial charge in [0.25, 0.3) is 11.8 Å². The summed E-state index contributed by atoms with van der Waals surface area (Å²) in [4.78, 5) is 25.2. The minimum atomic E-state index is -0.309. The van der Waals surface area contributed by atoms with Gasteiger partial charge >= 0.3 is 0 Å². The quantitative estimate of drug-likeness (QED) is 0.477. The summed E-state index contributed by atoms with van der Waals surface area (Å²) in [6.07, 6.45) is 0. The summed E-state index contributed by atoms with van der Waals surface area (Å²) in [5.74, 6) is -0.517. The van der Waals surface area contributed by atoms with Crippen LogP contribution in [0.4, 0.5) is 11.4 Å². The fraction of sp³-hybridized carbons (Fsp3) is 0.0870. The third-order valence-electron chi connectivity index (χ3n) is 4.71. The molecule has 3 N–H and O–H groups in total. The Morgan fingerprint density at radius 1 is 0.862 bits per heavy atom. The van der Waals surface area contributed by atoms with Crippen molar-refractivity contribution in [2.24, 2.45) is 0 Å². The lowest BCUT2D eigenvalue weighted by Crippen LogP contribution is -2.15. The molecule has 0 aliphatic rings. The summed E-state index contributed by atoms with van der Waals surface area (Å²) in [5.41, 5.74) is 4.86. The molecule has 144 valence electrons. The lowest BCUT2D eigenvalue weighted by Gasteiger charge is -2.11. The number of amides is 2.